The van der Waals surface area contributed by atoms with Crippen molar-refractivity contribution in [2.75, 3.05) is 0 Å². The quantitative estimate of drug-likeness (QED) is 0.914. The van der Waals surface area contributed by atoms with Gasteiger partial charge >= 0.3 is 0 Å². The Balaban J connectivity index is 2.25. The lowest BCUT2D eigenvalue weighted by Gasteiger charge is -2.17. The Bertz CT molecular complexity index is 647. The molecule has 0 aliphatic rings. The summed E-state index contributed by atoms with van der Waals surface area (Å²) < 4.78 is 3.26. The van der Waals surface area contributed by atoms with Crippen LogP contribution in [-0.2, 0) is 13.6 Å². The van der Waals surface area contributed by atoms with Crippen molar-refractivity contribution >= 4 is 17.5 Å². The minimum absolute atomic E-state index is 0.216. The van der Waals surface area contributed by atoms with Gasteiger partial charge in [-0.05, 0) is 20.3 Å². The molecule has 8 heteroatoms. The highest BCUT2D eigenvalue weighted by molar-refractivity contribution is 6.34. The van der Waals surface area contributed by atoms with Gasteiger partial charge in [-0.25, -0.2) is 9.67 Å². The average Bonchev–Trinajstić information content (AvgIpc) is 3.01. The van der Waals surface area contributed by atoms with Crippen molar-refractivity contribution in [1.29, 1.82) is 0 Å². The average molecular weight is 311 g/mol. The Hall–Kier alpha value is -1.89. The zero-order valence-electron chi connectivity index (χ0n) is 12.6. The molecule has 0 aliphatic heterocycles. The summed E-state index contributed by atoms with van der Waals surface area (Å²) >= 11 is 6.14. The predicted octanol–water partition coefficient (Wildman–Crippen LogP) is 1.87. The predicted molar refractivity (Wildman–Crippen MR) is 79.1 cm³/mol. The van der Waals surface area contributed by atoms with Gasteiger partial charge < -0.3 is 5.32 Å². The highest BCUT2D eigenvalue weighted by Gasteiger charge is 2.23. The van der Waals surface area contributed by atoms with Gasteiger partial charge in [-0.15, -0.1) is 0 Å². The molecule has 2 aromatic rings. The summed E-state index contributed by atoms with van der Waals surface area (Å²) in [5, 5.41) is 11.6. The van der Waals surface area contributed by atoms with Gasteiger partial charge in [0.1, 0.15) is 17.8 Å². The van der Waals surface area contributed by atoms with Crippen LogP contribution in [0.4, 0.5) is 0 Å². The van der Waals surface area contributed by atoms with E-state index in [0.717, 1.165) is 5.82 Å². The lowest BCUT2D eigenvalue weighted by atomic mass is 10.2. The van der Waals surface area contributed by atoms with Crippen LogP contribution in [0.1, 0.15) is 48.3 Å². The van der Waals surface area contributed by atoms with E-state index in [1.807, 2.05) is 13.8 Å². The second-order valence-corrected chi connectivity index (χ2v) is 5.12. The van der Waals surface area contributed by atoms with Crippen LogP contribution in [0.15, 0.2) is 6.33 Å². The molecule has 21 heavy (non-hydrogen) atoms. The van der Waals surface area contributed by atoms with Crippen LogP contribution in [0.3, 0.4) is 0 Å². The van der Waals surface area contributed by atoms with E-state index >= 15 is 0 Å². The van der Waals surface area contributed by atoms with Crippen LogP contribution in [0.25, 0.3) is 0 Å². The fourth-order valence-corrected chi connectivity index (χ4v) is 2.49. The summed E-state index contributed by atoms with van der Waals surface area (Å²) in [7, 11) is 1.70. The molecule has 1 N–H and O–H groups in total. The first-order valence-corrected chi connectivity index (χ1v) is 7.25. The van der Waals surface area contributed by atoms with Crippen LogP contribution >= 0.6 is 11.6 Å². The first kappa shape index (κ1) is 15.5. The minimum Gasteiger partial charge on any atom is -0.341 e. The normalized spacial score (nSPS) is 12.4. The van der Waals surface area contributed by atoms with Gasteiger partial charge in [0.05, 0.1) is 16.8 Å². The zero-order chi connectivity index (χ0) is 15.6. The molecule has 1 atom stereocenters. The van der Waals surface area contributed by atoms with Crippen LogP contribution in [0.2, 0.25) is 5.02 Å². The monoisotopic (exact) mass is 310 g/mol. The van der Waals surface area contributed by atoms with Crippen molar-refractivity contribution in [3.8, 4) is 0 Å². The van der Waals surface area contributed by atoms with E-state index < -0.39 is 0 Å². The third-order valence-electron chi connectivity index (χ3n) is 3.33. The van der Waals surface area contributed by atoms with E-state index in [0.29, 0.717) is 29.4 Å². The summed E-state index contributed by atoms with van der Waals surface area (Å²) in [5.41, 5.74) is 0.990. The summed E-state index contributed by atoms with van der Waals surface area (Å²) in [6, 6.07) is -0.216. The zero-order valence-corrected chi connectivity index (χ0v) is 13.3. The first-order chi connectivity index (χ1) is 9.99. The van der Waals surface area contributed by atoms with Crippen molar-refractivity contribution < 1.29 is 4.79 Å². The van der Waals surface area contributed by atoms with Gasteiger partial charge in [0.2, 0.25) is 0 Å². The molecular weight excluding hydrogens is 292 g/mol. The van der Waals surface area contributed by atoms with Crippen molar-refractivity contribution in [3.63, 3.8) is 0 Å². The van der Waals surface area contributed by atoms with E-state index in [2.05, 4.69) is 20.5 Å². The van der Waals surface area contributed by atoms with Crippen molar-refractivity contribution in [3.05, 3.63) is 28.6 Å². The van der Waals surface area contributed by atoms with Crippen LogP contribution in [0.5, 0.6) is 0 Å². The third kappa shape index (κ3) is 2.92. The topological polar surface area (TPSA) is 77.6 Å². The van der Waals surface area contributed by atoms with Gasteiger partial charge in [0.15, 0.2) is 0 Å². The maximum absolute atomic E-state index is 12.4. The van der Waals surface area contributed by atoms with Gasteiger partial charge in [0, 0.05) is 13.6 Å². The molecule has 0 saturated heterocycles. The lowest BCUT2D eigenvalue weighted by molar-refractivity contribution is 0.0923. The maximum Gasteiger partial charge on any atom is 0.271 e. The molecule has 0 bridgehead atoms. The van der Waals surface area contributed by atoms with E-state index in [1.165, 1.54) is 11.0 Å². The molecule has 0 aromatic carbocycles. The minimum atomic E-state index is -0.263. The number of nitrogens with zero attached hydrogens (tertiary/aromatic N) is 5. The van der Waals surface area contributed by atoms with Crippen molar-refractivity contribution in [2.24, 2.45) is 7.05 Å². The molecule has 2 heterocycles. The molecule has 2 rings (SSSR count). The number of nitrogens with one attached hydrogen (secondary N) is 1. The van der Waals surface area contributed by atoms with E-state index in [9.17, 15) is 4.79 Å². The SMILES string of the molecule is CC[C@H](NC(=O)c1c(Cl)c(C)nn1C)c1ncnn1CC. The highest BCUT2D eigenvalue weighted by Crippen LogP contribution is 2.21. The Labute approximate surface area is 128 Å². The number of rotatable bonds is 5. The van der Waals surface area contributed by atoms with E-state index in [-0.39, 0.29) is 11.9 Å². The molecule has 114 valence electrons. The molecule has 7 nitrogen and oxygen atoms in total. The smallest absolute Gasteiger partial charge is 0.271 e. The van der Waals surface area contributed by atoms with Gasteiger partial charge in [0.25, 0.3) is 5.91 Å². The molecule has 0 spiro atoms. The molecular formula is C13H19ClN6O. The number of hydrogen-bond donors (Lipinski definition) is 1. The molecule has 0 aliphatic carbocycles. The second-order valence-electron chi connectivity index (χ2n) is 4.74. The fraction of sp³-hybridized carbons (Fsp3) is 0.538. The largest absolute Gasteiger partial charge is 0.341 e. The van der Waals surface area contributed by atoms with Gasteiger partial charge in [-0.2, -0.15) is 10.2 Å². The fourth-order valence-electron chi connectivity index (χ4n) is 2.24. The Kier molecular flexibility index (Phi) is 4.62. The van der Waals surface area contributed by atoms with Crippen molar-refractivity contribution in [2.45, 2.75) is 39.8 Å². The molecule has 0 fully saturated rings. The van der Waals surface area contributed by atoms with Gasteiger partial charge in [-0.1, -0.05) is 18.5 Å². The van der Waals surface area contributed by atoms with Crippen LogP contribution < -0.4 is 5.32 Å². The lowest BCUT2D eigenvalue weighted by Crippen LogP contribution is -2.31. The summed E-state index contributed by atoms with van der Waals surface area (Å²) in [5.74, 6) is 0.476. The van der Waals surface area contributed by atoms with E-state index in [1.54, 1.807) is 18.7 Å². The first-order valence-electron chi connectivity index (χ1n) is 6.87. The highest BCUT2D eigenvalue weighted by atomic mass is 35.5. The molecule has 2 aromatic heterocycles. The molecule has 0 radical (unpaired) electrons. The number of aromatic nitrogens is 5. The summed E-state index contributed by atoms with van der Waals surface area (Å²) in [4.78, 5) is 16.7. The number of carbonyl (C=O) groups is 1. The van der Waals surface area contributed by atoms with Gasteiger partial charge in [-0.3, -0.25) is 9.48 Å². The van der Waals surface area contributed by atoms with Crippen molar-refractivity contribution in [1.82, 2.24) is 29.9 Å². The molecule has 0 unspecified atom stereocenters. The Morgan fingerprint density at radius 2 is 2.19 bits per heavy atom. The summed E-state index contributed by atoms with van der Waals surface area (Å²) in [6.45, 7) is 6.43. The number of halogens is 1. The number of amides is 1. The number of aryl methyl sites for hydroxylation is 3. The maximum atomic E-state index is 12.4. The Morgan fingerprint density at radius 3 is 2.71 bits per heavy atom. The second kappa shape index (κ2) is 6.26. The molecule has 1 amide bonds. The van der Waals surface area contributed by atoms with Crippen LogP contribution in [0, 0.1) is 6.92 Å². The third-order valence-corrected chi connectivity index (χ3v) is 3.79. The Morgan fingerprint density at radius 1 is 1.48 bits per heavy atom. The molecule has 0 saturated carbocycles. The summed E-state index contributed by atoms with van der Waals surface area (Å²) in [6.07, 6.45) is 2.20. The standard InChI is InChI=1S/C13H19ClN6O/c1-5-9(12-15-7-16-20(12)6-2)17-13(21)11-10(14)8(3)18-19(11)4/h7,9H,5-6H2,1-4H3,(H,17,21)/t9-/m0/s1. The number of hydrogen-bond acceptors (Lipinski definition) is 4. The van der Waals surface area contributed by atoms with E-state index in [4.69, 9.17) is 11.6 Å². The number of carbonyl (C=O) groups excluding carboxylic acids is 1. The van der Waals surface area contributed by atoms with Crippen LogP contribution in [-0.4, -0.2) is 30.5 Å².